The van der Waals surface area contributed by atoms with Crippen LogP contribution in [0, 0.1) is 6.92 Å². The molecule has 1 rings (SSSR count). The Hall–Kier alpha value is -1.31. The summed E-state index contributed by atoms with van der Waals surface area (Å²) in [6.07, 6.45) is 0.750. The van der Waals surface area contributed by atoms with Gasteiger partial charge in [-0.15, -0.1) is 0 Å². The van der Waals surface area contributed by atoms with Crippen molar-refractivity contribution in [2.24, 2.45) is 10.7 Å². The number of rotatable bonds is 3. The fourth-order valence-corrected chi connectivity index (χ4v) is 1.41. The van der Waals surface area contributed by atoms with Crippen LogP contribution in [0.2, 0.25) is 0 Å². The maximum absolute atomic E-state index is 5.81. The van der Waals surface area contributed by atoms with Gasteiger partial charge in [-0.25, -0.2) is 0 Å². The number of nitrogens with zero attached hydrogens (tertiary/aromatic N) is 1. The van der Waals surface area contributed by atoms with E-state index >= 15 is 0 Å². The molecule has 2 heteroatoms. The van der Waals surface area contributed by atoms with Gasteiger partial charge in [-0.3, -0.25) is 4.99 Å². The van der Waals surface area contributed by atoms with Crippen molar-refractivity contribution in [3.05, 3.63) is 35.4 Å². The number of hydrogen-bond donors (Lipinski definition) is 1. The van der Waals surface area contributed by atoms with E-state index in [0.29, 0.717) is 5.84 Å². The maximum atomic E-state index is 5.81. The summed E-state index contributed by atoms with van der Waals surface area (Å²) in [4.78, 5) is 4.30. The van der Waals surface area contributed by atoms with Gasteiger partial charge in [0.15, 0.2) is 0 Å². The highest BCUT2D eigenvalue weighted by molar-refractivity contribution is 5.82. The summed E-state index contributed by atoms with van der Waals surface area (Å²) in [5.74, 6) is 0.714. The SMILES string of the molecule is Cc1cccc(CC(N)=NC(C)C)c1. The van der Waals surface area contributed by atoms with E-state index in [2.05, 4.69) is 30.1 Å². The average Bonchev–Trinajstić information content (AvgIpc) is 2.01. The van der Waals surface area contributed by atoms with Crippen LogP contribution in [0.3, 0.4) is 0 Å². The summed E-state index contributed by atoms with van der Waals surface area (Å²) in [5, 5.41) is 0. The summed E-state index contributed by atoms with van der Waals surface area (Å²) in [6.45, 7) is 6.14. The van der Waals surface area contributed by atoms with Crippen LogP contribution in [-0.4, -0.2) is 11.9 Å². The minimum Gasteiger partial charge on any atom is -0.387 e. The summed E-state index contributed by atoms with van der Waals surface area (Å²) in [7, 11) is 0. The monoisotopic (exact) mass is 190 g/mol. The number of aliphatic imine (C=N–C) groups is 1. The third kappa shape index (κ3) is 3.60. The third-order valence-electron chi connectivity index (χ3n) is 1.89. The molecule has 2 N–H and O–H groups in total. The lowest BCUT2D eigenvalue weighted by molar-refractivity contribution is 0.829. The van der Waals surface area contributed by atoms with E-state index in [1.165, 1.54) is 11.1 Å². The molecule has 2 nitrogen and oxygen atoms in total. The quantitative estimate of drug-likeness (QED) is 0.576. The minimum atomic E-state index is 0.278. The van der Waals surface area contributed by atoms with E-state index < -0.39 is 0 Å². The van der Waals surface area contributed by atoms with Crippen molar-refractivity contribution >= 4 is 5.84 Å². The Labute approximate surface area is 85.9 Å². The molecule has 0 radical (unpaired) electrons. The Morgan fingerprint density at radius 3 is 2.71 bits per heavy atom. The Morgan fingerprint density at radius 2 is 2.14 bits per heavy atom. The van der Waals surface area contributed by atoms with E-state index in [1.807, 2.05) is 19.9 Å². The van der Waals surface area contributed by atoms with Crippen molar-refractivity contribution in [1.82, 2.24) is 0 Å². The first-order chi connectivity index (χ1) is 6.58. The van der Waals surface area contributed by atoms with Crippen LogP contribution >= 0.6 is 0 Å². The second-order valence-corrected chi connectivity index (χ2v) is 3.88. The highest BCUT2D eigenvalue weighted by atomic mass is 14.9. The first-order valence-corrected chi connectivity index (χ1v) is 4.95. The van der Waals surface area contributed by atoms with E-state index in [4.69, 9.17) is 5.73 Å². The highest BCUT2D eigenvalue weighted by Crippen LogP contribution is 2.04. The molecule has 0 spiro atoms. The molecule has 0 atom stereocenters. The van der Waals surface area contributed by atoms with Gasteiger partial charge in [-0.1, -0.05) is 29.8 Å². The number of amidine groups is 1. The van der Waals surface area contributed by atoms with Crippen LogP contribution in [-0.2, 0) is 6.42 Å². The van der Waals surface area contributed by atoms with Crippen LogP contribution in [0.5, 0.6) is 0 Å². The van der Waals surface area contributed by atoms with Gasteiger partial charge < -0.3 is 5.73 Å². The standard InChI is InChI=1S/C12H18N2/c1-9(2)14-12(13)8-11-6-4-5-10(3)7-11/h4-7,9H,8H2,1-3H3,(H2,13,14). The fraction of sp³-hybridized carbons (Fsp3) is 0.417. The molecule has 0 bridgehead atoms. The molecule has 0 saturated heterocycles. The largest absolute Gasteiger partial charge is 0.387 e. The molecule has 0 aliphatic carbocycles. The lowest BCUT2D eigenvalue weighted by Crippen LogP contribution is -2.17. The molecule has 0 heterocycles. The highest BCUT2D eigenvalue weighted by Gasteiger charge is 1.98. The van der Waals surface area contributed by atoms with Crippen molar-refractivity contribution in [2.45, 2.75) is 33.2 Å². The van der Waals surface area contributed by atoms with E-state index in [0.717, 1.165) is 6.42 Å². The zero-order valence-corrected chi connectivity index (χ0v) is 9.12. The molecule has 0 aliphatic rings. The van der Waals surface area contributed by atoms with Crippen LogP contribution in [0.15, 0.2) is 29.3 Å². The van der Waals surface area contributed by atoms with E-state index in [1.54, 1.807) is 0 Å². The number of nitrogens with two attached hydrogens (primary N) is 1. The van der Waals surface area contributed by atoms with Gasteiger partial charge in [0.25, 0.3) is 0 Å². The Morgan fingerprint density at radius 1 is 1.43 bits per heavy atom. The lowest BCUT2D eigenvalue weighted by Gasteiger charge is -2.04. The molecule has 1 aromatic rings. The van der Waals surface area contributed by atoms with Gasteiger partial charge in [0.05, 0.1) is 5.84 Å². The summed E-state index contributed by atoms with van der Waals surface area (Å²) < 4.78 is 0. The van der Waals surface area contributed by atoms with E-state index in [-0.39, 0.29) is 6.04 Å². The molecule has 76 valence electrons. The summed E-state index contributed by atoms with van der Waals surface area (Å²) in [5.41, 5.74) is 8.30. The Kier molecular flexibility index (Phi) is 3.69. The number of hydrogen-bond acceptors (Lipinski definition) is 1. The third-order valence-corrected chi connectivity index (χ3v) is 1.89. The molecule has 0 aliphatic heterocycles. The lowest BCUT2D eigenvalue weighted by atomic mass is 10.1. The molecule has 0 amide bonds. The minimum absolute atomic E-state index is 0.278. The molecule has 0 unspecified atom stereocenters. The Bertz CT molecular complexity index is 327. The van der Waals surface area contributed by atoms with E-state index in [9.17, 15) is 0 Å². The predicted octanol–water partition coefficient (Wildman–Crippen LogP) is 2.30. The van der Waals surface area contributed by atoms with Crippen LogP contribution in [0.1, 0.15) is 25.0 Å². The number of aryl methyl sites for hydroxylation is 1. The van der Waals surface area contributed by atoms with Crippen molar-refractivity contribution in [3.63, 3.8) is 0 Å². The van der Waals surface area contributed by atoms with Gasteiger partial charge in [-0.05, 0) is 26.3 Å². The van der Waals surface area contributed by atoms with Gasteiger partial charge in [0.1, 0.15) is 0 Å². The van der Waals surface area contributed by atoms with Gasteiger partial charge in [0, 0.05) is 12.5 Å². The van der Waals surface area contributed by atoms with Gasteiger partial charge in [-0.2, -0.15) is 0 Å². The van der Waals surface area contributed by atoms with Crippen molar-refractivity contribution in [2.75, 3.05) is 0 Å². The molecule has 0 fully saturated rings. The van der Waals surface area contributed by atoms with Crippen molar-refractivity contribution in [3.8, 4) is 0 Å². The van der Waals surface area contributed by atoms with Gasteiger partial charge in [0.2, 0.25) is 0 Å². The predicted molar refractivity (Wildman–Crippen MR) is 61.6 cm³/mol. The molecule has 0 aromatic heterocycles. The molecule has 14 heavy (non-hydrogen) atoms. The number of benzene rings is 1. The molecular formula is C12H18N2. The molecule has 1 aromatic carbocycles. The maximum Gasteiger partial charge on any atom is 0.0984 e. The normalized spacial score (nSPS) is 12.1. The van der Waals surface area contributed by atoms with Crippen LogP contribution in [0.4, 0.5) is 0 Å². The van der Waals surface area contributed by atoms with Crippen LogP contribution < -0.4 is 5.73 Å². The van der Waals surface area contributed by atoms with Crippen molar-refractivity contribution in [1.29, 1.82) is 0 Å². The zero-order valence-electron chi connectivity index (χ0n) is 9.12. The topological polar surface area (TPSA) is 38.4 Å². The Balaban J connectivity index is 2.69. The zero-order chi connectivity index (χ0) is 10.6. The van der Waals surface area contributed by atoms with Crippen molar-refractivity contribution < 1.29 is 0 Å². The molecule has 0 saturated carbocycles. The molecular weight excluding hydrogens is 172 g/mol. The average molecular weight is 190 g/mol. The second kappa shape index (κ2) is 4.80. The van der Waals surface area contributed by atoms with Gasteiger partial charge >= 0.3 is 0 Å². The smallest absolute Gasteiger partial charge is 0.0984 e. The second-order valence-electron chi connectivity index (χ2n) is 3.88. The summed E-state index contributed by atoms with van der Waals surface area (Å²) in [6, 6.07) is 8.63. The fourth-order valence-electron chi connectivity index (χ4n) is 1.41. The first-order valence-electron chi connectivity index (χ1n) is 4.95. The first kappa shape index (κ1) is 10.8. The van der Waals surface area contributed by atoms with Crippen LogP contribution in [0.25, 0.3) is 0 Å². The summed E-state index contributed by atoms with van der Waals surface area (Å²) >= 11 is 0.